The van der Waals surface area contributed by atoms with Gasteiger partial charge < -0.3 is 5.32 Å². The van der Waals surface area contributed by atoms with E-state index in [4.69, 9.17) is 0 Å². The predicted octanol–water partition coefficient (Wildman–Crippen LogP) is 4.83. The molecule has 1 aliphatic rings. The summed E-state index contributed by atoms with van der Waals surface area (Å²) < 4.78 is 27.7. The van der Waals surface area contributed by atoms with E-state index in [0.717, 1.165) is 25.8 Å². The highest BCUT2D eigenvalue weighted by molar-refractivity contribution is 5.24. The Hall–Kier alpha value is -0.960. The van der Waals surface area contributed by atoms with Crippen molar-refractivity contribution in [3.8, 4) is 0 Å². The fraction of sp³-hybridized carbons (Fsp3) is 0.647. The van der Waals surface area contributed by atoms with Crippen molar-refractivity contribution in [3.63, 3.8) is 0 Å². The maximum Gasteiger partial charge on any atom is 0.128 e. The monoisotopic (exact) mass is 281 g/mol. The molecule has 1 fully saturated rings. The molecule has 1 aromatic rings. The van der Waals surface area contributed by atoms with Crippen LogP contribution in [0.5, 0.6) is 0 Å². The van der Waals surface area contributed by atoms with Gasteiger partial charge in [0, 0.05) is 11.6 Å². The van der Waals surface area contributed by atoms with Gasteiger partial charge in [-0.3, -0.25) is 0 Å². The van der Waals surface area contributed by atoms with Gasteiger partial charge in [0.1, 0.15) is 11.6 Å². The quantitative estimate of drug-likeness (QED) is 0.815. The molecule has 0 aromatic heterocycles. The van der Waals surface area contributed by atoms with Crippen LogP contribution < -0.4 is 5.32 Å². The smallest absolute Gasteiger partial charge is 0.128 e. The summed E-state index contributed by atoms with van der Waals surface area (Å²) in [6.45, 7) is 7.39. The molecular formula is C17H25F2N. The molecule has 2 unspecified atom stereocenters. The lowest BCUT2D eigenvalue weighted by Gasteiger charge is -2.35. The molecule has 1 N–H and O–H groups in total. The third kappa shape index (κ3) is 3.20. The van der Waals surface area contributed by atoms with E-state index in [1.165, 1.54) is 24.6 Å². The fourth-order valence-corrected chi connectivity index (χ4v) is 3.49. The average molecular weight is 281 g/mol. The maximum atomic E-state index is 14.1. The second-order valence-electron chi connectivity index (χ2n) is 6.58. The lowest BCUT2D eigenvalue weighted by atomic mass is 9.75. The molecule has 1 saturated carbocycles. The number of halogens is 2. The van der Waals surface area contributed by atoms with E-state index in [-0.39, 0.29) is 23.1 Å². The topological polar surface area (TPSA) is 12.0 Å². The Morgan fingerprint density at radius 1 is 1.35 bits per heavy atom. The standard InChI is InChI=1S/C17H25F2N/c1-4-10-20-16(14-6-5-9-17(14,2)3)13-11-12(18)7-8-15(13)19/h7-8,11,14,16,20H,4-6,9-10H2,1-3H3. The first kappa shape index (κ1) is 15.4. The number of hydrogen-bond acceptors (Lipinski definition) is 1. The van der Waals surface area contributed by atoms with Crippen molar-refractivity contribution >= 4 is 0 Å². The van der Waals surface area contributed by atoms with Crippen LogP contribution in [0.4, 0.5) is 8.78 Å². The highest BCUT2D eigenvalue weighted by Gasteiger charge is 2.40. The largest absolute Gasteiger partial charge is 0.310 e. The minimum Gasteiger partial charge on any atom is -0.310 e. The predicted molar refractivity (Wildman–Crippen MR) is 78.5 cm³/mol. The number of rotatable bonds is 5. The van der Waals surface area contributed by atoms with Crippen molar-refractivity contribution in [3.05, 3.63) is 35.4 Å². The normalized spacial score (nSPS) is 22.9. The molecular weight excluding hydrogens is 256 g/mol. The molecule has 3 heteroatoms. The summed E-state index contributed by atoms with van der Waals surface area (Å²) in [5.74, 6) is -0.312. The van der Waals surface area contributed by atoms with Crippen LogP contribution in [0.15, 0.2) is 18.2 Å². The Morgan fingerprint density at radius 2 is 2.10 bits per heavy atom. The van der Waals surface area contributed by atoms with Gasteiger partial charge in [-0.25, -0.2) is 8.78 Å². The van der Waals surface area contributed by atoms with Crippen LogP contribution in [0, 0.1) is 23.0 Å². The summed E-state index contributed by atoms with van der Waals surface area (Å²) in [6.07, 6.45) is 4.38. The molecule has 0 heterocycles. The van der Waals surface area contributed by atoms with E-state index in [9.17, 15) is 8.78 Å². The van der Waals surface area contributed by atoms with Crippen LogP contribution in [0.3, 0.4) is 0 Å². The Kier molecular flexibility index (Phi) is 4.79. The maximum absolute atomic E-state index is 14.1. The minimum absolute atomic E-state index is 0.0943. The molecule has 1 nitrogen and oxygen atoms in total. The molecule has 2 rings (SSSR count). The highest BCUT2D eigenvalue weighted by atomic mass is 19.1. The summed E-state index contributed by atoms with van der Waals surface area (Å²) in [4.78, 5) is 0. The lowest BCUT2D eigenvalue weighted by molar-refractivity contribution is 0.194. The second-order valence-corrected chi connectivity index (χ2v) is 6.58. The molecule has 112 valence electrons. The molecule has 0 bridgehead atoms. The second kappa shape index (κ2) is 6.21. The zero-order valence-electron chi connectivity index (χ0n) is 12.7. The Labute approximate surface area is 120 Å². The zero-order valence-corrected chi connectivity index (χ0v) is 12.7. The van der Waals surface area contributed by atoms with E-state index in [0.29, 0.717) is 11.5 Å². The average Bonchev–Trinajstić information content (AvgIpc) is 2.74. The van der Waals surface area contributed by atoms with Gasteiger partial charge in [-0.1, -0.05) is 27.2 Å². The van der Waals surface area contributed by atoms with Crippen LogP contribution in [0.1, 0.15) is 58.1 Å². The Balaban J connectivity index is 2.34. The summed E-state index contributed by atoms with van der Waals surface area (Å²) in [6, 6.07) is 3.70. The van der Waals surface area contributed by atoms with E-state index in [1.54, 1.807) is 0 Å². The summed E-state index contributed by atoms with van der Waals surface area (Å²) in [7, 11) is 0. The summed E-state index contributed by atoms with van der Waals surface area (Å²) in [5.41, 5.74) is 0.655. The van der Waals surface area contributed by atoms with E-state index in [2.05, 4.69) is 26.1 Å². The van der Waals surface area contributed by atoms with Crippen LogP contribution in [-0.2, 0) is 0 Å². The van der Waals surface area contributed by atoms with Gasteiger partial charge in [-0.05, 0) is 55.3 Å². The molecule has 0 aliphatic heterocycles. The van der Waals surface area contributed by atoms with Gasteiger partial charge in [0.2, 0.25) is 0 Å². The highest BCUT2D eigenvalue weighted by Crippen LogP contribution is 2.49. The van der Waals surface area contributed by atoms with Crippen molar-refractivity contribution in [1.82, 2.24) is 5.32 Å². The Morgan fingerprint density at radius 3 is 2.70 bits per heavy atom. The first-order valence-corrected chi connectivity index (χ1v) is 7.64. The fourth-order valence-electron chi connectivity index (χ4n) is 3.49. The van der Waals surface area contributed by atoms with Crippen LogP contribution in [0.25, 0.3) is 0 Å². The van der Waals surface area contributed by atoms with Gasteiger partial charge in [0.25, 0.3) is 0 Å². The molecule has 0 spiro atoms. The van der Waals surface area contributed by atoms with Crippen molar-refractivity contribution in [1.29, 1.82) is 0 Å². The van der Waals surface area contributed by atoms with Crippen molar-refractivity contribution in [2.75, 3.05) is 6.54 Å². The van der Waals surface area contributed by atoms with Gasteiger partial charge in [0.15, 0.2) is 0 Å². The molecule has 20 heavy (non-hydrogen) atoms. The molecule has 0 radical (unpaired) electrons. The molecule has 1 aliphatic carbocycles. The summed E-state index contributed by atoms with van der Waals surface area (Å²) >= 11 is 0. The van der Waals surface area contributed by atoms with Crippen LogP contribution >= 0.6 is 0 Å². The summed E-state index contributed by atoms with van der Waals surface area (Å²) in [5, 5.41) is 3.44. The third-order valence-electron chi connectivity index (χ3n) is 4.65. The SMILES string of the molecule is CCCNC(c1cc(F)ccc1F)C1CCCC1(C)C. The number of hydrogen-bond donors (Lipinski definition) is 1. The number of benzene rings is 1. The van der Waals surface area contributed by atoms with Crippen LogP contribution in [-0.4, -0.2) is 6.54 Å². The van der Waals surface area contributed by atoms with Gasteiger partial charge >= 0.3 is 0 Å². The molecule has 0 amide bonds. The first-order chi connectivity index (χ1) is 9.45. The van der Waals surface area contributed by atoms with Gasteiger partial charge in [-0.2, -0.15) is 0 Å². The minimum atomic E-state index is -0.361. The molecule has 1 aromatic carbocycles. The third-order valence-corrected chi connectivity index (χ3v) is 4.65. The first-order valence-electron chi connectivity index (χ1n) is 7.64. The van der Waals surface area contributed by atoms with E-state index < -0.39 is 0 Å². The zero-order chi connectivity index (χ0) is 14.8. The number of nitrogens with one attached hydrogen (secondary N) is 1. The van der Waals surface area contributed by atoms with E-state index >= 15 is 0 Å². The van der Waals surface area contributed by atoms with E-state index in [1.807, 2.05) is 0 Å². The van der Waals surface area contributed by atoms with Gasteiger partial charge in [-0.15, -0.1) is 0 Å². The van der Waals surface area contributed by atoms with Crippen molar-refractivity contribution < 1.29 is 8.78 Å². The van der Waals surface area contributed by atoms with Crippen molar-refractivity contribution in [2.24, 2.45) is 11.3 Å². The molecule has 0 saturated heterocycles. The van der Waals surface area contributed by atoms with Crippen LogP contribution in [0.2, 0.25) is 0 Å². The van der Waals surface area contributed by atoms with Gasteiger partial charge in [0.05, 0.1) is 0 Å². The lowest BCUT2D eigenvalue weighted by Crippen LogP contribution is -2.35. The van der Waals surface area contributed by atoms with Crippen molar-refractivity contribution in [2.45, 2.75) is 52.5 Å². The molecule has 2 atom stereocenters. The Bertz CT molecular complexity index is 456.